The van der Waals surface area contributed by atoms with Crippen molar-refractivity contribution >= 4 is 38.4 Å². The van der Waals surface area contributed by atoms with Gasteiger partial charge in [0.05, 0.1) is 29.3 Å². The maximum atomic E-state index is 13.2. The summed E-state index contributed by atoms with van der Waals surface area (Å²) < 4.78 is 37.0. The van der Waals surface area contributed by atoms with Crippen LogP contribution in [0.25, 0.3) is 0 Å². The summed E-state index contributed by atoms with van der Waals surface area (Å²) in [5.41, 5.74) is 0.685. The Labute approximate surface area is 144 Å². The Morgan fingerprint density at radius 1 is 1.33 bits per heavy atom. The first kappa shape index (κ1) is 17.2. The number of thioether (sulfide) groups is 1. The molecule has 0 spiro atoms. The second kappa shape index (κ2) is 6.36. The Kier molecular flexibility index (Phi) is 4.56. The van der Waals surface area contributed by atoms with Gasteiger partial charge in [-0.3, -0.25) is 9.79 Å². The number of carbonyl (C=O) groups is 1. The lowest BCUT2D eigenvalue weighted by molar-refractivity contribution is -0.125. The van der Waals surface area contributed by atoms with Crippen LogP contribution in [-0.4, -0.2) is 67.8 Å². The smallest absolute Gasteiger partial charge is 0.232 e. The van der Waals surface area contributed by atoms with Crippen molar-refractivity contribution in [2.45, 2.75) is 12.1 Å². The minimum atomic E-state index is -3.13. The molecule has 0 bridgehead atoms. The highest BCUT2D eigenvalue weighted by atomic mass is 32.2. The molecule has 0 radical (unpaired) electrons. The van der Waals surface area contributed by atoms with E-state index in [4.69, 9.17) is 0 Å². The number of amides is 1. The van der Waals surface area contributed by atoms with Crippen molar-refractivity contribution in [1.29, 1.82) is 0 Å². The Bertz CT molecular complexity index is 778. The number of anilines is 1. The quantitative estimate of drug-likeness (QED) is 0.793. The van der Waals surface area contributed by atoms with Gasteiger partial charge in [-0.2, -0.15) is 0 Å². The molecule has 2 aliphatic heterocycles. The molecule has 9 heteroatoms. The van der Waals surface area contributed by atoms with Crippen LogP contribution in [0, 0.1) is 5.82 Å². The number of benzene rings is 1. The number of hydrogen-bond acceptors (Lipinski definition) is 6. The molecule has 1 amide bonds. The number of hydrogen-bond donors (Lipinski definition) is 0. The van der Waals surface area contributed by atoms with E-state index in [2.05, 4.69) is 4.99 Å². The number of sulfone groups is 1. The van der Waals surface area contributed by atoms with E-state index in [0.717, 1.165) is 0 Å². The molecule has 2 aliphatic rings. The van der Waals surface area contributed by atoms with Crippen molar-refractivity contribution in [1.82, 2.24) is 4.90 Å². The maximum absolute atomic E-state index is 13.2. The Morgan fingerprint density at radius 2 is 2.00 bits per heavy atom. The summed E-state index contributed by atoms with van der Waals surface area (Å²) >= 11 is 1.28. The molecule has 1 aromatic carbocycles. The number of amidine groups is 1. The van der Waals surface area contributed by atoms with E-state index in [-0.39, 0.29) is 41.1 Å². The van der Waals surface area contributed by atoms with E-state index in [1.165, 1.54) is 28.8 Å². The van der Waals surface area contributed by atoms with E-state index >= 15 is 0 Å². The molecule has 1 saturated heterocycles. The fourth-order valence-corrected chi connectivity index (χ4v) is 5.74. The molecule has 1 aromatic rings. The Balaban J connectivity index is 1.87. The molecular formula is C15H18FN3O3S2. The predicted octanol–water partition coefficient (Wildman–Crippen LogP) is 0.989. The van der Waals surface area contributed by atoms with Crippen LogP contribution in [0.4, 0.5) is 10.1 Å². The Morgan fingerprint density at radius 3 is 2.62 bits per heavy atom. The first-order valence-corrected chi connectivity index (χ1v) is 10.2. The monoisotopic (exact) mass is 371 g/mol. The van der Waals surface area contributed by atoms with E-state index in [1.54, 1.807) is 26.2 Å². The van der Waals surface area contributed by atoms with Gasteiger partial charge in [0.2, 0.25) is 5.91 Å². The molecular weight excluding hydrogens is 353 g/mol. The van der Waals surface area contributed by atoms with E-state index in [0.29, 0.717) is 10.9 Å². The molecule has 0 aliphatic carbocycles. The Hall–Kier alpha value is -1.61. The molecule has 0 aromatic heterocycles. The molecule has 0 unspecified atom stereocenters. The normalized spacial score (nSPS) is 24.6. The topological polar surface area (TPSA) is 70.0 Å². The van der Waals surface area contributed by atoms with Gasteiger partial charge in [0.1, 0.15) is 5.82 Å². The van der Waals surface area contributed by atoms with Gasteiger partial charge < -0.3 is 9.80 Å². The number of nitrogens with zero attached hydrogens (tertiary/aromatic N) is 3. The van der Waals surface area contributed by atoms with E-state index in [9.17, 15) is 17.6 Å². The average molecular weight is 371 g/mol. The molecule has 1 fully saturated rings. The number of fused-ring (bicyclic) bond motifs is 1. The van der Waals surface area contributed by atoms with Gasteiger partial charge >= 0.3 is 0 Å². The van der Waals surface area contributed by atoms with Gasteiger partial charge in [-0.05, 0) is 24.3 Å². The molecule has 6 nitrogen and oxygen atoms in total. The van der Waals surface area contributed by atoms with Crippen LogP contribution >= 0.6 is 11.8 Å². The average Bonchev–Trinajstić information content (AvgIpc) is 2.97. The maximum Gasteiger partial charge on any atom is 0.232 e. The molecule has 0 saturated carbocycles. The number of aliphatic imine (C=N–C) groups is 1. The second-order valence-corrected chi connectivity index (χ2v) is 9.14. The zero-order valence-electron chi connectivity index (χ0n) is 13.3. The zero-order valence-corrected chi connectivity index (χ0v) is 15.0. The molecule has 0 N–H and O–H groups in total. The van der Waals surface area contributed by atoms with Crippen molar-refractivity contribution in [3.8, 4) is 0 Å². The van der Waals surface area contributed by atoms with Crippen LogP contribution in [0.5, 0.6) is 0 Å². The summed E-state index contributed by atoms with van der Waals surface area (Å²) in [6.07, 6.45) is 0. The lowest BCUT2D eigenvalue weighted by Gasteiger charge is -2.26. The van der Waals surface area contributed by atoms with E-state index < -0.39 is 9.84 Å². The third-order valence-corrected chi connectivity index (χ3v) is 6.69. The summed E-state index contributed by atoms with van der Waals surface area (Å²) in [6.45, 7) is 0. The third kappa shape index (κ3) is 3.41. The number of rotatable bonds is 3. The van der Waals surface area contributed by atoms with Crippen LogP contribution in [0.15, 0.2) is 29.3 Å². The van der Waals surface area contributed by atoms with Crippen LogP contribution in [-0.2, 0) is 14.6 Å². The zero-order chi connectivity index (χ0) is 17.5. The van der Waals surface area contributed by atoms with Crippen LogP contribution in [0.2, 0.25) is 0 Å². The third-order valence-electron chi connectivity index (χ3n) is 4.04. The first-order chi connectivity index (χ1) is 11.3. The summed E-state index contributed by atoms with van der Waals surface area (Å²) in [5, 5.41) is 0.613. The highest BCUT2D eigenvalue weighted by Gasteiger charge is 2.47. The largest absolute Gasteiger partial charge is 0.348 e. The fraction of sp³-hybridized carbons (Fsp3) is 0.467. The highest BCUT2D eigenvalue weighted by molar-refractivity contribution is 8.14. The molecule has 2 heterocycles. The van der Waals surface area contributed by atoms with Crippen LogP contribution in [0.3, 0.4) is 0 Å². The summed E-state index contributed by atoms with van der Waals surface area (Å²) in [5.74, 6) is -0.157. The van der Waals surface area contributed by atoms with Crippen LogP contribution in [0.1, 0.15) is 0 Å². The summed E-state index contributed by atoms with van der Waals surface area (Å²) in [7, 11) is 0.228. The standard InChI is InChI=1S/C15H18FN3O3S2/c1-18(2)14(20)7-23-15-17-12-8-24(21,22)9-13(12)19(15)11-5-3-10(16)4-6-11/h3-6,12-13H,7-9H2,1-2H3/t12-,13+/m0/s1. The summed E-state index contributed by atoms with van der Waals surface area (Å²) in [4.78, 5) is 19.7. The van der Waals surface area contributed by atoms with Gasteiger partial charge in [-0.25, -0.2) is 12.8 Å². The predicted molar refractivity (Wildman–Crippen MR) is 93.7 cm³/mol. The lowest BCUT2D eigenvalue weighted by atomic mass is 10.1. The minimum Gasteiger partial charge on any atom is -0.348 e. The molecule has 24 heavy (non-hydrogen) atoms. The fourth-order valence-electron chi connectivity index (χ4n) is 2.79. The minimum absolute atomic E-state index is 0.0149. The van der Waals surface area contributed by atoms with Crippen LogP contribution < -0.4 is 4.90 Å². The number of carbonyl (C=O) groups excluding carboxylic acids is 1. The van der Waals surface area contributed by atoms with Gasteiger partial charge in [-0.1, -0.05) is 11.8 Å². The second-order valence-electron chi connectivity index (χ2n) is 6.05. The van der Waals surface area contributed by atoms with Gasteiger partial charge in [0.15, 0.2) is 15.0 Å². The van der Waals surface area contributed by atoms with Gasteiger partial charge in [-0.15, -0.1) is 0 Å². The van der Waals surface area contributed by atoms with Crippen molar-refractivity contribution in [2.75, 3.05) is 36.3 Å². The lowest BCUT2D eigenvalue weighted by Crippen LogP contribution is -2.39. The van der Waals surface area contributed by atoms with Gasteiger partial charge in [0.25, 0.3) is 0 Å². The van der Waals surface area contributed by atoms with Crippen molar-refractivity contribution in [3.05, 3.63) is 30.1 Å². The van der Waals surface area contributed by atoms with E-state index in [1.807, 2.05) is 4.90 Å². The van der Waals surface area contributed by atoms with Crippen molar-refractivity contribution < 1.29 is 17.6 Å². The van der Waals surface area contributed by atoms with Crippen molar-refractivity contribution in [2.24, 2.45) is 4.99 Å². The highest BCUT2D eigenvalue weighted by Crippen LogP contribution is 2.35. The van der Waals surface area contributed by atoms with Gasteiger partial charge in [0, 0.05) is 19.8 Å². The molecule has 3 rings (SSSR count). The number of halogens is 1. The summed E-state index contributed by atoms with van der Waals surface area (Å²) in [6, 6.07) is 5.24. The first-order valence-electron chi connectivity index (χ1n) is 7.43. The SMILES string of the molecule is CN(C)C(=O)CSC1=N[C@H]2CS(=O)(=O)C[C@H]2N1c1ccc(F)cc1. The van der Waals surface area contributed by atoms with Crippen molar-refractivity contribution in [3.63, 3.8) is 0 Å². The molecule has 2 atom stereocenters. The molecule has 130 valence electrons.